The highest BCUT2D eigenvalue weighted by atomic mass is 16.6. The van der Waals surface area contributed by atoms with Gasteiger partial charge in [0, 0.05) is 25.2 Å². The zero-order valence-corrected chi connectivity index (χ0v) is 18.4. The number of carbonyl (C=O) groups is 2. The third-order valence-corrected chi connectivity index (χ3v) is 6.18. The number of nitrogens with zero attached hydrogens (tertiary/aromatic N) is 2. The number of ether oxygens (including phenoxy) is 3. The lowest BCUT2D eigenvalue weighted by Gasteiger charge is -2.38. The van der Waals surface area contributed by atoms with E-state index >= 15 is 0 Å². The van der Waals surface area contributed by atoms with Crippen LogP contribution in [0, 0.1) is 11.8 Å². The van der Waals surface area contributed by atoms with Crippen molar-refractivity contribution < 1.29 is 23.8 Å². The molecule has 166 valence electrons. The van der Waals surface area contributed by atoms with Gasteiger partial charge in [-0.25, -0.2) is 4.79 Å². The van der Waals surface area contributed by atoms with Crippen LogP contribution in [0.5, 0.6) is 11.5 Å². The molecule has 7 heteroatoms. The van der Waals surface area contributed by atoms with Crippen LogP contribution < -0.4 is 9.47 Å². The summed E-state index contributed by atoms with van der Waals surface area (Å²) in [5.41, 5.74) is 0.574. The maximum absolute atomic E-state index is 13.1. The van der Waals surface area contributed by atoms with Gasteiger partial charge in [0.1, 0.15) is 0 Å². The maximum Gasteiger partial charge on any atom is 0.343 e. The minimum absolute atomic E-state index is 0.0183. The monoisotopic (exact) mass is 418 g/mol. The molecule has 2 aliphatic rings. The first kappa shape index (κ1) is 22.4. The normalized spacial score (nSPS) is 20.6. The molecule has 2 heterocycles. The summed E-state index contributed by atoms with van der Waals surface area (Å²) in [7, 11) is 2.83. The van der Waals surface area contributed by atoms with Gasteiger partial charge in [0.05, 0.1) is 14.2 Å². The number of benzene rings is 1. The zero-order chi connectivity index (χ0) is 21.5. The molecular formula is C23H34N2O5. The first-order valence-corrected chi connectivity index (χ1v) is 10.9. The fourth-order valence-electron chi connectivity index (χ4n) is 4.31. The molecule has 0 N–H and O–H groups in total. The van der Waals surface area contributed by atoms with Crippen molar-refractivity contribution in [3.05, 3.63) is 23.8 Å². The van der Waals surface area contributed by atoms with Crippen LogP contribution in [0.4, 0.5) is 0 Å². The Morgan fingerprint density at radius 3 is 2.53 bits per heavy atom. The molecule has 1 atom stereocenters. The van der Waals surface area contributed by atoms with Gasteiger partial charge in [0.15, 0.2) is 18.1 Å². The fraction of sp³-hybridized carbons (Fsp3) is 0.652. The summed E-state index contributed by atoms with van der Waals surface area (Å²) in [5.74, 6) is 1.75. The van der Waals surface area contributed by atoms with E-state index in [1.807, 2.05) is 4.90 Å². The summed E-state index contributed by atoms with van der Waals surface area (Å²) >= 11 is 0. The second-order valence-corrected chi connectivity index (χ2v) is 8.47. The van der Waals surface area contributed by atoms with Gasteiger partial charge in [-0.15, -0.1) is 0 Å². The molecule has 1 aromatic carbocycles. The number of likely N-dealkylation sites (tertiary alicyclic amines) is 2. The number of piperidine rings is 2. The van der Waals surface area contributed by atoms with E-state index in [9.17, 15) is 9.59 Å². The van der Waals surface area contributed by atoms with E-state index in [4.69, 9.17) is 9.47 Å². The summed E-state index contributed by atoms with van der Waals surface area (Å²) < 4.78 is 15.4. The van der Waals surface area contributed by atoms with E-state index in [1.54, 1.807) is 18.2 Å². The number of esters is 1. The van der Waals surface area contributed by atoms with Gasteiger partial charge >= 0.3 is 5.97 Å². The highest BCUT2D eigenvalue weighted by molar-refractivity contribution is 5.95. The smallest absolute Gasteiger partial charge is 0.343 e. The largest absolute Gasteiger partial charge is 0.493 e. The number of rotatable bonds is 7. The Morgan fingerprint density at radius 1 is 1.07 bits per heavy atom. The van der Waals surface area contributed by atoms with Crippen LogP contribution in [0.2, 0.25) is 0 Å². The Hall–Kier alpha value is -2.28. The molecule has 7 nitrogen and oxygen atoms in total. The van der Waals surface area contributed by atoms with E-state index in [0.717, 1.165) is 32.0 Å². The maximum atomic E-state index is 13.1. The molecule has 0 spiro atoms. The summed E-state index contributed by atoms with van der Waals surface area (Å²) in [5, 5.41) is 0. The van der Waals surface area contributed by atoms with Gasteiger partial charge in [-0.05, 0) is 68.8 Å². The van der Waals surface area contributed by atoms with Crippen molar-refractivity contribution in [2.24, 2.45) is 11.8 Å². The molecule has 2 saturated heterocycles. The van der Waals surface area contributed by atoms with E-state index < -0.39 is 5.97 Å². The minimum Gasteiger partial charge on any atom is -0.493 e. The Balaban J connectivity index is 1.60. The zero-order valence-electron chi connectivity index (χ0n) is 18.4. The highest BCUT2D eigenvalue weighted by Crippen LogP contribution is 2.29. The number of carbonyl (C=O) groups excluding carboxylic acids is 2. The third kappa shape index (κ3) is 5.88. The minimum atomic E-state index is -0.472. The van der Waals surface area contributed by atoms with Crippen molar-refractivity contribution in [3.8, 4) is 11.5 Å². The van der Waals surface area contributed by atoms with Gasteiger partial charge in [-0.1, -0.05) is 6.92 Å². The second-order valence-electron chi connectivity index (χ2n) is 8.47. The van der Waals surface area contributed by atoms with Crippen molar-refractivity contribution in [2.75, 3.05) is 53.6 Å². The quantitative estimate of drug-likeness (QED) is 0.635. The van der Waals surface area contributed by atoms with E-state index in [0.29, 0.717) is 23.0 Å². The van der Waals surface area contributed by atoms with Crippen LogP contribution in [0.15, 0.2) is 18.2 Å². The Kier molecular flexibility index (Phi) is 7.96. The summed E-state index contributed by atoms with van der Waals surface area (Å²) in [4.78, 5) is 28.9. The average molecular weight is 419 g/mol. The van der Waals surface area contributed by atoms with Crippen LogP contribution in [0.1, 0.15) is 43.0 Å². The molecule has 3 rings (SSSR count). The Labute approximate surface area is 179 Å². The molecule has 2 aliphatic heterocycles. The standard InChI is InChI=1S/C23H34N2O5/c1-17-8-11-24(12-9-17)14-18-5-4-10-25(15-18)23(27)19-6-7-20(21(13-19)28-2)30-16-22(26)29-3/h6-7,13,17-18H,4-5,8-12,14-16H2,1-3H3. The number of methoxy groups -OCH3 is 2. The van der Waals surface area contributed by atoms with Crippen molar-refractivity contribution in [1.29, 1.82) is 0 Å². The van der Waals surface area contributed by atoms with Crippen LogP contribution in [-0.4, -0.2) is 75.2 Å². The first-order chi connectivity index (χ1) is 14.5. The van der Waals surface area contributed by atoms with Crippen molar-refractivity contribution in [1.82, 2.24) is 9.80 Å². The van der Waals surface area contributed by atoms with Crippen LogP contribution in [0.3, 0.4) is 0 Å². The Bertz CT molecular complexity index is 730. The molecule has 1 amide bonds. The predicted octanol–water partition coefficient (Wildman–Crippen LogP) is 2.83. The molecule has 30 heavy (non-hydrogen) atoms. The van der Waals surface area contributed by atoms with Crippen molar-refractivity contribution >= 4 is 11.9 Å². The topological polar surface area (TPSA) is 68.3 Å². The predicted molar refractivity (Wildman–Crippen MR) is 114 cm³/mol. The number of amides is 1. The van der Waals surface area contributed by atoms with Crippen LogP contribution in [-0.2, 0) is 9.53 Å². The number of hydrogen-bond acceptors (Lipinski definition) is 6. The molecule has 2 fully saturated rings. The SMILES string of the molecule is COC(=O)COc1ccc(C(=O)N2CCCC(CN3CCC(C)CC3)C2)cc1OC. The second kappa shape index (κ2) is 10.7. The molecule has 0 radical (unpaired) electrons. The lowest BCUT2D eigenvalue weighted by atomic mass is 9.94. The molecule has 0 aliphatic carbocycles. The lowest BCUT2D eigenvalue weighted by Crippen LogP contribution is -2.45. The molecule has 0 saturated carbocycles. The van der Waals surface area contributed by atoms with E-state index in [-0.39, 0.29) is 12.5 Å². The van der Waals surface area contributed by atoms with Crippen molar-refractivity contribution in [3.63, 3.8) is 0 Å². The number of hydrogen-bond donors (Lipinski definition) is 0. The summed E-state index contributed by atoms with van der Waals surface area (Å²) in [6.45, 7) is 7.15. The van der Waals surface area contributed by atoms with Crippen LogP contribution >= 0.6 is 0 Å². The van der Waals surface area contributed by atoms with Crippen LogP contribution in [0.25, 0.3) is 0 Å². The molecular weight excluding hydrogens is 384 g/mol. The summed E-state index contributed by atoms with van der Waals surface area (Å²) in [6.07, 6.45) is 4.77. The molecule has 0 bridgehead atoms. The Morgan fingerprint density at radius 2 is 1.83 bits per heavy atom. The third-order valence-electron chi connectivity index (χ3n) is 6.18. The van der Waals surface area contributed by atoms with E-state index in [2.05, 4.69) is 16.6 Å². The molecule has 1 unspecified atom stereocenters. The van der Waals surface area contributed by atoms with Gasteiger partial charge in [-0.3, -0.25) is 4.79 Å². The lowest BCUT2D eigenvalue weighted by molar-refractivity contribution is -0.142. The van der Waals surface area contributed by atoms with Gasteiger partial charge < -0.3 is 24.0 Å². The van der Waals surface area contributed by atoms with Crippen molar-refractivity contribution in [2.45, 2.75) is 32.6 Å². The van der Waals surface area contributed by atoms with Gasteiger partial charge in [0.2, 0.25) is 0 Å². The van der Waals surface area contributed by atoms with E-state index in [1.165, 1.54) is 46.6 Å². The first-order valence-electron chi connectivity index (χ1n) is 10.9. The molecule has 0 aromatic heterocycles. The molecule has 1 aromatic rings. The van der Waals surface area contributed by atoms with Gasteiger partial charge in [0.25, 0.3) is 5.91 Å². The fourth-order valence-corrected chi connectivity index (χ4v) is 4.31. The summed E-state index contributed by atoms with van der Waals surface area (Å²) in [6, 6.07) is 5.09. The average Bonchev–Trinajstić information content (AvgIpc) is 2.78. The van der Waals surface area contributed by atoms with Gasteiger partial charge in [-0.2, -0.15) is 0 Å². The highest BCUT2D eigenvalue weighted by Gasteiger charge is 2.27.